The van der Waals surface area contributed by atoms with Crippen molar-refractivity contribution in [3.05, 3.63) is 49.8 Å². The normalized spacial score (nSPS) is 10.5. The van der Waals surface area contributed by atoms with Gasteiger partial charge in [0.25, 0.3) is 0 Å². The molecule has 17 heavy (non-hydrogen) atoms. The Morgan fingerprint density at radius 1 is 1.24 bits per heavy atom. The van der Waals surface area contributed by atoms with E-state index < -0.39 is 5.97 Å². The molecule has 1 heterocycles. The Bertz CT molecular complexity index is 595. The molecule has 0 aliphatic rings. The Balaban J connectivity index is 2.59. The standard InChI is InChI=1S/C11H6Cl2INO2/c12-8-2-1-7(4-9(8)13)15-5-6(14)3-10(15)11(16)17/h1-5H,(H,16,17). The molecule has 3 nitrogen and oxygen atoms in total. The summed E-state index contributed by atoms with van der Waals surface area (Å²) < 4.78 is 2.40. The fourth-order valence-electron chi connectivity index (χ4n) is 1.44. The van der Waals surface area contributed by atoms with Gasteiger partial charge in [0.15, 0.2) is 0 Å². The lowest BCUT2D eigenvalue weighted by molar-refractivity contribution is 0.0688. The lowest BCUT2D eigenvalue weighted by Gasteiger charge is -2.07. The average molecular weight is 382 g/mol. The van der Waals surface area contributed by atoms with Crippen LogP contribution in [0.2, 0.25) is 10.0 Å². The first kappa shape index (κ1) is 12.7. The predicted molar refractivity (Wildman–Crippen MR) is 75.5 cm³/mol. The highest BCUT2D eigenvalue weighted by atomic mass is 127. The zero-order chi connectivity index (χ0) is 12.6. The molecule has 6 heteroatoms. The molecule has 0 aliphatic carbocycles. The van der Waals surface area contributed by atoms with E-state index in [0.717, 1.165) is 3.57 Å². The van der Waals surface area contributed by atoms with Crippen molar-refractivity contribution < 1.29 is 9.90 Å². The summed E-state index contributed by atoms with van der Waals surface area (Å²) in [6, 6.07) is 6.58. The molecule has 1 aromatic carbocycles. The number of rotatable bonds is 2. The fraction of sp³-hybridized carbons (Fsp3) is 0. The van der Waals surface area contributed by atoms with Gasteiger partial charge >= 0.3 is 5.97 Å². The zero-order valence-electron chi connectivity index (χ0n) is 8.32. The first-order chi connectivity index (χ1) is 7.99. The van der Waals surface area contributed by atoms with E-state index in [1.807, 2.05) is 0 Å². The van der Waals surface area contributed by atoms with Crippen LogP contribution in [0.4, 0.5) is 0 Å². The number of carboxylic acids is 1. The van der Waals surface area contributed by atoms with Crippen molar-refractivity contribution in [3.8, 4) is 5.69 Å². The van der Waals surface area contributed by atoms with Crippen LogP contribution >= 0.6 is 45.8 Å². The van der Waals surface area contributed by atoms with Gasteiger partial charge in [-0.05, 0) is 46.9 Å². The summed E-state index contributed by atoms with van der Waals surface area (Å²) in [6.07, 6.45) is 1.73. The quantitative estimate of drug-likeness (QED) is 0.796. The Morgan fingerprint density at radius 3 is 2.53 bits per heavy atom. The summed E-state index contributed by atoms with van der Waals surface area (Å²) >= 11 is 13.8. The number of aromatic nitrogens is 1. The van der Waals surface area contributed by atoms with Crippen LogP contribution in [0.5, 0.6) is 0 Å². The summed E-state index contributed by atoms with van der Waals surface area (Å²) in [5.41, 5.74) is 0.854. The number of carboxylic acid groups (broad SMARTS) is 1. The van der Waals surface area contributed by atoms with Gasteiger partial charge in [0, 0.05) is 15.5 Å². The molecule has 0 amide bonds. The second-order valence-corrected chi connectivity index (χ2v) is 5.38. The summed E-state index contributed by atoms with van der Waals surface area (Å²) in [5, 5.41) is 9.91. The third kappa shape index (κ3) is 2.59. The van der Waals surface area contributed by atoms with Gasteiger partial charge in [0.1, 0.15) is 5.69 Å². The van der Waals surface area contributed by atoms with E-state index >= 15 is 0 Å². The maximum Gasteiger partial charge on any atom is 0.352 e. The molecule has 0 atom stereocenters. The van der Waals surface area contributed by atoms with Crippen molar-refractivity contribution in [2.45, 2.75) is 0 Å². The highest BCUT2D eigenvalue weighted by Crippen LogP contribution is 2.26. The molecule has 88 valence electrons. The van der Waals surface area contributed by atoms with Crippen molar-refractivity contribution in [1.82, 2.24) is 4.57 Å². The van der Waals surface area contributed by atoms with Crippen molar-refractivity contribution >= 4 is 51.8 Å². The second kappa shape index (κ2) is 4.88. The van der Waals surface area contributed by atoms with E-state index in [1.165, 1.54) is 0 Å². The van der Waals surface area contributed by atoms with Crippen LogP contribution in [-0.4, -0.2) is 15.6 Å². The number of carbonyl (C=O) groups is 1. The summed E-state index contributed by atoms with van der Waals surface area (Å²) in [4.78, 5) is 11.1. The minimum absolute atomic E-state index is 0.188. The first-order valence-corrected chi connectivity index (χ1v) is 6.39. The van der Waals surface area contributed by atoms with Gasteiger partial charge in [-0.1, -0.05) is 23.2 Å². The number of benzene rings is 1. The van der Waals surface area contributed by atoms with Crippen LogP contribution in [0, 0.1) is 3.57 Å². The summed E-state index contributed by atoms with van der Waals surface area (Å²) in [6.45, 7) is 0. The molecular formula is C11H6Cl2INO2. The van der Waals surface area contributed by atoms with Crippen molar-refractivity contribution in [1.29, 1.82) is 0 Å². The van der Waals surface area contributed by atoms with Crippen LogP contribution in [0.1, 0.15) is 10.5 Å². The predicted octanol–water partition coefficient (Wildman–Crippen LogP) is 4.09. The molecule has 1 N–H and O–H groups in total. The number of nitrogens with zero attached hydrogens (tertiary/aromatic N) is 1. The Hall–Kier alpha value is -0.720. The lowest BCUT2D eigenvalue weighted by Crippen LogP contribution is -2.05. The van der Waals surface area contributed by atoms with Crippen LogP contribution < -0.4 is 0 Å². The molecule has 0 spiro atoms. The SMILES string of the molecule is O=C(O)c1cc(I)cn1-c1ccc(Cl)c(Cl)c1. The highest BCUT2D eigenvalue weighted by Gasteiger charge is 2.13. The zero-order valence-corrected chi connectivity index (χ0v) is 12.0. The molecule has 0 unspecified atom stereocenters. The van der Waals surface area contributed by atoms with E-state index in [0.29, 0.717) is 15.7 Å². The van der Waals surface area contributed by atoms with Crippen LogP contribution in [0.15, 0.2) is 30.5 Å². The molecule has 0 saturated carbocycles. The fourth-order valence-corrected chi connectivity index (χ4v) is 2.31. The molecule has 2 aromatic rings. The van der Waals surface area contributed by atoms with Crippen molar-refractivity contribution in [3.63, 3.8) is 0 Å². The van der Waals surface area contributed by atoms with Crippen LogP contribution in [0.25, 0.3) is 5.69 Å². The molecule has 0 saturated heterocycles. The summed E-state index contributed by atoms with van der Waals surface area (Å²) in [5.74, 6) is -0.987. The third-order valence-corrected chi connectivity index (χ3v) is 3.52. The smallest absolute Gasteiger partial charge is 0.352 e. The molecular weight excluding hydrogens is 376 g/mol. The van der Waals surface area contributed by atoms with E-state index in [9.17, 15) is 4.79 Å². The average Bonchev–Trinajstić information content (AvgIpc) is 2.64. The number of hydrogen-bond acceptors (Lipinski definition) is 1. The topological polar surface area (TPSA) is 42.2 Å². The summed E-state index contributed by atoms with van der Waals surface area (Å²) in [7, 11) is 0. The first-order valence-electron chi connectivity index (χ1n) is 4.55. The Morgan fingerprint density at radius 2 is 1.94 bits per heavy atom. The van der Waals surface area contributed by atoms with Gasteiger partial charge in [-0.2, -0.15) is 0 Å². The Kier molecular flexibility index (Phi) is 3.65. The van der Waals surface area contributed by atoms with Crippen molar-refractivity contribution in [2.24, 2.45) is 0 Å². The van der Waals surface area contributed by atoms with Gasteiger partial charge < -0.3 is 9.67 Å². The van der Waals surface area contributed by atoms with Crippen LogP contribution in [0.3, 0.4) is 0 Å². The molecule has 0 fully saturated rings. The monoisotopic (exact) mass is 381 g/mol. The number of aromatic carboxylic acids is 1. The van der Waals surface area contributed by atoms with E-state index in [-0.39, 0.29) is 5.69 Å². The van der Waals surface area contributed by atoms with Gasteiger partial charge in [-0.3, -0.25) is 0 Å². The molecule has 0 radical (unpaired) electrons. The van der Waals surface area contributed by atoms with Gasteiger partial charge in [0.05, 0.1) is 10.0 Å². The largest absolute Gasteiger partial charge is 0.477 e. The highest BCUT2D eigenvalue weighted by molar-refractivity contribution is 14.1. The van der Waals surface area contributed by atoms with E-state index in [4.69, 9.17) is 28.3 Å². The maximum absolute atomic E-state index is 11.1. The lowest BCUT2D eigenvalue weighted by atomic mass is 10.3. The van der Waals surface area contributed by atoms with Crippen LogP contribution in [-0.2, 0) is 0 Å². The van der Waals surface area contributed by atoms with Crippen molar-refractivity contribution in [2.75, 3.05) is 0 Å². The minimum Gasteiger partial charge on any atom is -0.477 e. The van der Waals surface area contributed by atoms with Gasteiger partial charge in [-0.15, -0.1) is 0 Å². The Labute approximate surface area is 121 Å². The molecule has 1 aromatic heterocycles. The number of hydrogen-bond donors (Lipinski definition) is 1. The minimum atomic E-state index is -0.987. The molecule has 0 bridgehead atoms. The third-order valence-electron chi connectivity index (χ3n) is 2.19. The number of halogens is 3. The van der Waals surface area contributed by atoms with Gasteiger partial charge in [0.2, 0.25) is 0 Å². The van der Waals surface area contributed by atoms with E-state index in [1.54, 1.807) is 35.0 Å². The second-order valence-electron chi connectivity index (χ2n) is 3.32. The van der Waals surface area contributed by atoms with E-state index in [2.05, 4.69) is 22.6 Å². The maximum atomic E-state index is 11.1. The molecule has 0 aliphatic heterocycles. The van der Waals surface area contributed by atoms with Gasteiger partial charge in [-0.25, -0.2) is 4.79 Å². The molecule has 2 rings (SSSR count).